The Bertz CT molecular complexity index is 711. The summed E-state index contributed by atoms with van der Waals surface area (Å²) >= 11 is 0. The Morgan fingerprint density at radius 2 is 1.92 bits per heavy atom. The Morgan fingerprint density at radius 1 is 1.24 bits per heavy atom. The van der Waals surface area contributed by atoms with Gasteiger partial charge in [-0.3, -0.25) is 4.79 Å². The maximum atomic E-state index is 13.0. The van der Waals surface area contributed by atoms with Crippen LogP contribution in [0, 0.1) is 11.7 Å². The molecular weight excluding hydrogens is 321 g/mol. The number of hydrogen-bond acceptors (Lipinski definition) is 3. The number of aliphatic hydroxyl groups is 1. The second kappa shape index (κ2) is 8.12. The summed E-state index contributed by atoms with van der Waals surface area (Å²) in [5.41, 5.74) is -0.311. The smallest absolute Gasteiger partial charge is 0.251 e. The van der Waals surface area contributed by atoms with Gasteiger partial charge in [-0.05, 0) is 48.7 Å². The van der Waals surface area contributed by atoms with Gasteiger partial charge in [0.15, 0.2) is 0 Å². The van der Waals surface area contributed by atoms with Gasteiger partial charge in [-0.1, -0.05) is 32.0 Å². The fourth-order valence-electron chi connectivity index (χ4n) is 2.26. The number of amides is 1. The number of rotatable bonds is 7. The number of benzene rings is 2. The van der Waals surface area contributed by atoms with Crippen molar-refractivity contribution in [2.75, 3.05) is 13.2 Å². The Balaban J connectivity index is 1.99. The highest BCUT2D eigenvalue weighted by Gasteiger charge is 2.24. The quantitative estimate of drug-likeness (QED) is 0.807. The molecule has 2 aromatic carbocycles. The molecule has 2 aromatic rings. The number of ether oxygens (including phenoxy) is 1. The number of nitrogens with one attached hydrogen (secondary N) is 1. The van der Waals surface area contributed by atoms with Crippen LogP contribution in [0.1, 0.15) is 36.7 Å². The lowest BCUT2D eigenvalue weighted by molar-refractivity contribution is 0.0526. The fraction of sp³-hybridized carbons (Fsp3) is 0.350. The van der Waals surface area contributed by atoms with E-state index in [2.05, 4.69) is 5.32 Å². The van der Waals surface area contributed by atoms with E-state index in [0.717, 1.165) is 0 Å². The molecule has 25 heavy (non-hydrogen) atoms. The minimum absolute atomic E-state index is 0.00848. The van der Waals surface area contributed by atoms with Crippen molar-refractivity contribution < 1.29 is 19.0 Å². The van der Waals surface area contributed by atoms with E-state index < -0.39 is 5.60 Å². The Hall–Kier alpha value is -2.40. The molecule has 0 heterocycles. The van der Waals surface area contributed by atoms with Crippen LogP contribution in [-0.2, 0) is 5.60 Å². The summed E-state index contributed by atoms with van der Waals surface area (Å²) < 4.78 is 18.6. The normalized spacial score (nSPS) is 13.4. The van der Waals surface area contributed by atoms with Crippen molar-refractivity contribution in [3.63, 3.8) is 0 Å². The van der Waals surface area contributed by atoms with Gasteiger partial charge in [-0.15, -0.1) is 0 Å². The summed E-state index contributed by atoms with van der Waals surface area (Å²) in [4.78, 5) is 12.3. The molecule has 2 rings (SSSR count). The SMILES string of the molecule is CC(C)COc1cccc(C(=O)NC[C@](C)(O)c2ccc(F)cc2)c1. The van der Waals surface area contributed by atoms with E-state index >= 15 is 0 Å². The van der Waals surface area contributed by atoms with E-state index in [1.807, 2.05) is 13.8 Å². The molecule has 1 amide bonds. The molecule has 0 aliphatic heterocycles. The summed E-state index contributed by atoms with van der Waals surface area (Å²) in [6.07, 6.45) is 0. The predicted octanol–water partition coefficient (Wildman–Crippen LogP) is 3.50. The van der Waals surface area contributed by atoms with E-state index in [0.29, 0.717) is 29.4 Å². The first-order valence-corrected chi connectivity index (χ1v) is 8.27. The molecule has 0 saturated carbocycles. The molecule has 0 aliphatic rings. The van der Waals surface area contributed by atoms with Crippen LogP contribution >= 0.6 is 0 Å². The summed E-state index contributed by atoms with van der Waals surface area (Å²) in [5.74, 6) is 0.342. The van der Waals surface area contributed by atoms with Crippen LogP contribution in [0.25, 0.3) is 0 Å². The minimum atomic E-state index is -1.30. The molecule has 0 spiro atoms. The average molecular weight is 345 g/mol. The number of halogens is 1. The lowest BCUT2D eigenvalue weighted by atomic mass is 9.96. The van der Waals surface area contributed by atoms with E-state index in [-0.39, 0.29) is 18.3 Å². The van der Waals surface area contributed by atoms with Crippen molar-refractivity contribution in [2.24, 2.45) is 5.92 Å². The van der Waals surface area contributed by atoms with Gasteiger partial charge in [0.25, 0.3) is 5.91 Å². The maximum Gasteiger partial charge on any atom is 0.251 e. The fourth-order valence-corrected chi connectivity index (χ4v) is 2.26. The first-order chi connectivity index (χ1) is 11.8. The second-order valence-electron chi connectivity index (χ2n) is 6.70. The van der Waals surface area contributed by atoms with Crippen molar-refractivity contribution in [3.05, 3.63) is 65.5 Å². The van der Waals surface area contributed by atoms with Gasteiger partial charge in [0, 0.05) is 5.56 Å². The molecule has 1 atom stereocenters. The third-order valence-corrected chi connectivity index (χ3v) is 3.74. The Labute approximate surface area is 147 Å². The Morgan fingerprint density at radius 3 is 2.56 bits per heavy atom. The third kappa shape index (κ3) is 5.57. The van der Waals surface area contributed by atoms with Gasteiger partial charge >= 0.3 is 0 Å². The topological polar surface area (TPSA) is 58.6 Å². The van der Waals surface area contributed by atoms with Crippen LogP contribution in [0.3, 0.4) is 0 Å². The number of hydrogen-bond donors (Lipinski definition) is 2. The Kier molecular flexibility index (Phi) is 6.15. The van der Waals surface area contributed by atoms with Crippen LogP contribution in [0.2, 0.25) is 0 Å². The average Bonchev–Trinajstić information content (AvgIpc) is 2.58. The predicted molar refractivity (Wildman–Crippen MR) is 95.1 cm³/mol. The number of carbonyl (C=O) groups excluding carboxylic acids is 1. The van der Waals surface area contributed by atoms with Crippen LogP contribution in [0.5, 0.6) is 5.75 Å². The summed E-state index contributed by atoms with van der Waals surface area (Å²) in [5, 5.41) is 13.2. The molecule has 0 aliphatic carbocycles. The van der Waals surface area contributed by atoms with Crippen molar-refractivity contribution in [1.29, 1.82) is 0 Å². The van der Waals surface area contributed by atoms with Gasteiger partial charge in [-0.25, -0.2) is 4.39 Å². The van der Waals surface area contributed by atoms with Gasteiger partial charge in [0.05, 0.1) is 13.2 Å². The van der Waals surface area contributed by atoms with Crippen LogP contribution < -0.4 is 10.1 Å². The first-order valence-electron chi connectivity index (χ1n) is 8.27. The highest BCUT2D eigenvalue weighted by Crippen LogP contribution is 2.20. The number of carbonyl (C=O) groups is 1. The molecule has 5 heteroatoms. The van der Waals surface area contributed by atoms with E-state index in [4.69, 9.17) is 4.74 Å². The van der Waals surface area contributed by atoms with Crippen molar-refractivity contribution in [2.45, 2.75) is 26.4 Å². The van der Waals surface area contributed by atoms with Gasteiger partial charge in [0.1, 0.15) is 17.2 Å². The second-order valence-corrected chi connectivity index (χ2v) is 6.70. The highest BCUT2D eigenvalue weighted by atomic mass is 19.1. The van der Waals surface area contributed by atoms with Crippen LogP contribution in [0.15, 0.2) is 48.5 Å². The molecule has 0 radical (unpaired) electrons. The molecule has 2 N–H and O–H groups in total. The highest BCUT2D eigenvalue weighted by molar-refractivity contribution is 5.94. The molecule has 4 nitrogen and oxygen atoms in total. The lowest BCUT2D eigenvalue weighted by Gasteiger charge is -2.24. The third-order valence-electron chi connectivity index (χ3n) is 3.74. The zero-order chi connectivity index (χ0) is 18.4. The molecule has 134 valence electrons. The summed E-state index contributed by atoms with van der Waals surface area (Å²) in [6.45, 7) is 6.25. The van der Waals surface area contributed by atoms with Crippen LogP contribution in [-0.4, -0.2) is 24.2 Å². The zero-order valence-corrected chi connectivity index (χ0v) is 14.8. The van der Waals surface area contributed by atoms with Crippen molar-refractivity contribution in [3.8, 4) is 5.75 Å². The standard InChI is InChI=1S/C20H24FNO3/c1-14(2)12-25-18-6-4-5-15(11-18)19(23)22-13-20(3,24)16-7-9-17(21)10-8-16/h4-11,14,24H,12-13H2,1-3H3,(H,22,23)/t20-/m0/s1. The van der Waals surface area contributed by atoms with E-state index in [9.17, 15) is 14.3 Å². The molecule has 0 fully saturated rings. The molecule has 0 aromatic heterocycles. The summed E-state index contributed by atoms with van der Waals surface area (Å²) in [6, 6.07) is 12.5. The summed E-state index contributed by atoms with van der Waals surface area (Å²) in [7, 11) is 0. The van der Waals surface area contributed by atoms with E-state index in [1.165, 1.54) is 24.3 Å². The molecule has 0 unspecified atom stereocenters. The lowest BCUT2D eigenvalue weighted by Crippen LogP contribution is -2.38. The maximum absolute atomic E-state index is 13.0. The van der Waals surface area contributed by atoms with Gasteiger partial charge < -0.3 is 15.2 Å². The molecule has 0 saturated heterocycles. The first kappa shape index (κ1) is 18.9. The van der Waals surface area contributed by atoms with E-state index in [1.54, 1.807) is 31.2 Å². The monoisotopic (exact) mass is 345 g/mol. The molecular formula is C20H24FNO3. The van der Waals surface area contributed by atoms with Gasteiger partial charge in [-0.2, -0.15) is 0 Å². The molecule has 0 bridgehead atoms. The van der Waals surface area contributed by atoms with Crippen LogP contribution in [0.4, 0.5) is 4.39 Å². The van der Waals surface area contributed by atoms with Gasteiger partial charge in [0.2, 0.25) is 0 Å². The van der Waals surface area contributed by atoms with Crippen molar-refractivity contribution in [1.82, 2.24) is 5.32 Å². The minimum Gasteiger partial charge on any atom is -0.493 e. The zero-order valence-electron chi connectivity index (χ0n) is 14.8. The largest absolute Gasteiger partial charge is 0.493 e. The van der Waals surface area contributed by atoms with Crippen molar-refractivity contribution >= 4 is 5.91 Å².